The first kappa shape index (κ1) is 30.3. The predicted octanol–water partition coefficient (Wildman–Crippen LogP) is -3.80. The van der Waals surface area contributed by atoms with Gasteiger partial charge in [0, 0.05) is 0 Å². The Hall–Kier alpha value is -2.57. The monoisotopic (exact) mass is 364 g/mol. The fourth-order valence-electron chi connectivity index (χ4n) is 0.431. The summed E-state index contributed by atoms with van der Waals surface area (Å²) in [5.74, 6) is -1.44. The van der Waals surface area contributed by atoms with Gasteiger partial charge in [0.1, 0.15) is 6.23 Å². The van der Waals surface area contributed by atoms with E-state index in [-0.39, 0.29) is 0 Å². The van der Waals surface area contributed by atoms with E-state index >= 15 is 0 Å². The summed E-state index contributed by atoms with van der Waals surface area (Å²) in [4.78, 5) is 28.4. The van der Waals surface area contributed by atoms with Crippen LogP contribution in [-0.4, -0.2) is 64.2 Å². The summed E-state index contributed by atoms with van der Waals surface area (Å²) in [5.41, 5.74) is 17.2. The summed E-state index contributed by atoms with van der Waals surface area (Å²) >= 11 is 0. The van der Waals surface area contributed by atoms with Gasteiger partial charge in [0.2, 0.25) is 17.7 Å². The number of aliphatic hydroxyl groups is 4. The third-order valence-corrected chi connectivity index (χ3v) is 2.18. The first-order valence-electron chi connectivity index (χ1n) is 6.46. The van der Waals surface area contributed by atoms with Gasteiger partial charge in [0.05, 0.1) is 25.2 Å². The fourth-order valence-corrected chi connectivity index (χ4v) is 0.431. The van der Waals surface area contributed by atoms with Crippen molar-refractivity contribution >= 4 is 17.7 Å². The van der Waals surface area contributed by atoms with Crippen LogP contribution in [0.3, 0.4) is 0 Å². The molecule has 0 aromatic heterocycles. The van der Waals surface area contributed by atoms with E-state index in [1.807, 2.05) is 0 Å². The number of aliphatic hydroxyl groups excluding tert-OH is 4. The van der Waals surface area contributed by atoms with Crippen molar-refractivity contribution in [2.75, 3.05) is 19.8 Å². The lowest BCUT2D eigenvalue weighted by Gasteiger charge is -2.29. The largest absolute Gasteiger partial charge is 0.395 e. The van der Waals surface area contributed by atoms with Crippen LogP contribution in [-0.2, 0) is 14.4 Å². The highest BCUT2D eigenvalue weighted by atomic mass is 16.3. The van der Waals surface area contributed by atoms with E-state index in [2.05, 4.69) is 36.9 Å². The first-order chi connectivity index (χ1) is 11.4. The molecule has 11 nitrogen and oxygen atoms in total. The normalized spacial score (nSPS) is 9.96. The SMILES string of the molecule is C=CC(N)=O.C=CC(N)=O.C=CC(N)=O.NC(O)C(CO)(CO)CO. The molecule has 146 valence electrons. The summed E-state index contributed by atoms with van der Waals surface area (Å²) in [7, 11) is 0. The van der Waals surface area contributed by atoms with Crippen LogP contribution in [0, 0.1) is 5.41 Å². The fraction of sp³-hybridized carbons (Fsp3) is 0.357. The second-order valence-electron chi connectivity index (χ2n) is 4.10. The van der Waals surface area contributed by atoms with Gasteiger partial charge in [-0.2, -0.15) is 0 Å². The van der Waals surface area contributed by atoms with Gasteiger partial charge in [0.15, 0.2) is 0 Å². The van der Waals surface area contributed by atoms with Crippen molar-refractivity contribution in [2.24, 2.45) is 28.3 Å². The van der Waals surface area contributed by atoms with Crippen LogP contribution in [0.1, 0.15) is 0 Å². The molecule has 0 aromatic carbocycles. The lowest BCUT2D eigenvalue weighted by Crippen LogP contribution is -2.49. The zero-order chi connectivity index (χ0) is 21.1. The molecule has 0 fully saturated rings. The number of primary amides is 3. The van der Waals surface area contributed by atoms with Gasteiger partial charge in [-0.15, -0.1) is 0 Å². The quantitative estimate of drug-likeness (QED) is 0.164. The maximum atomic E-state index is 9.47. The number of hydrogen-bond donors (Lipinski definition) is 8. The predicted molar refractivity (Wildman–Crippen MR) is 92.1 cm³/mol. The zero-order valence-corrected chi connectivity index (χ0v) is 13.9. The van der Waals surface area contributed by atoms with E-state index in [1.54, 1.807) is 0 Å². The molecule has 1 unspecified atom stereocenters. The maximum absolute atomic E-state index is 9.47. The molecule has 1 atom stereocenters. The smallest absolute Gasteiger partial charge is 0.240 e. The molecular weight excluding hydrogens is 336 g/mol. The molecule has 0 aromatic rings. The van der Waals surface area contributed by atoms with Gasteiger partial charge >= 0.3 is 0 Å². The van der Waals surface area contributed by atoms with Crippen molar-refractivity contribution in [1.29, 1.82) is 0 Å². The molecule has 0 aliphatic heterocycles. The topological polar surface area (TPSA) is 236 Å². The van der Waals surface area contributed by atoms with Gasteiger partial charge in [-0.05, 0) is 18.2 Å². The first-order valence-corrected chi connectivity index (χ1v) is 6.46. The molecule has 0 aliphatic carbocycles. The van der Waals surface area contributed by atoms with E-state index in [9.17, 15) is 14.4 Å². The summed E-state index contributed by atoms with van der Waals surface area (Å²) in [6, 6.07) is 0. The molecule has 11 heteroatoms. The number of carbonyl (C=O) groups is 3. The lowest BCUT2D eigenvalue weighted by atomic mass is 9.89. The minimum absolute atomic E-state index is 0.481. The maximum Gasteiger partial charge on any atom is 0.240 e. The standard InChI is InChI=1S/C5H13NO4.3C3H5NO/c6-4(10)5(1-7,2-8)3-9;3*1-2-3(4)5/h4,7-10H,1-3,6H2;3*2H,1H2,(H2,4,5). The molecule has 0 radical (unpaired) electrons. The van der Waals surface area contributed by atoms with Crippen LogP contribution < -0.4 is 22.9 Å². The number of amides is 3. The third kappa shape index (κ3) is 23.8. The van der Waals surface area contributed by atoms with E-state index in [4.69, 9.17) is 26.2 Å². The van der Waals surface area contributed by atoms with Crippen molar-refractivity contribution in [3.8, 4) is 0 Å². The number of carbonyl (C=O) groups excluding carboxylic acids is 3. The molecule has 0 bridgehead atoms. The molecule has 0 saturated carbocycles. The van der Waals surface area contributed by atoms with Gasteiger partial charge < -0.3 is 43.4 Å². The van der Waals surface area contributed by atoms with Crippen molar-refractivity contribution in [1.82, 2.24) is 0 Å². The number of nitrogens with two attached hydrogens (primary N) is 4. The van der Waals surface area contributed by atoms with Crippen LogP contribution in [0.5, 0.6) is 0 Å². The van der Waals surface area contributed by atoms with Gasteiger partial charge in [0.25, 0.3) is 0 Å². The molecule has 3 amide bonds. The molecule has 0 heterocycles. The second-order valence-corrected chi connectivity index (χ2v) is 4.10. The molecule has 12 N–H and O–H groups in total. The van der Waals surface area contributed by atoms with Crippen molar-refractivity contribution < 1.29 is 34.8 Å². The zero-order valence-electron chi connectivity index (χ0n) is 13.9. The number of rotatable bonds is 7. The Bertz CT molecular complexity index is 370. The van der Waals surface area contributed by atoms with Crippen molar-refractivity contribution in [3.05, 3.63) is 38.0 Å². The van der Waals surface area contributed by atoms with E-state index in [0.29, 0.717) is 0 Å². The average Bonchev–Trinajstić information content (AvgIpc) is 2.58. The Morgan fingerprint density at radius 1 is 0.800 bits per heavy atom. The van der Waals surface area contributed by atoms with Crippen molar-refractivity contribution in [2.45, 2.75) is 6.23 Å². The van der Waals surface area contributed by atoms with Gasteiger partial charge in [-0.1, -0.05) is 19.7 Å². The molecular formula is C14H28N4O7. The summed E-state index contributed by atoms with van der Waals surface area (Å²) in [6.45, 7) is 7.62. The highest BCUT2D eigenvalue weighted by Crippen LogP contribution is 2.16. The number of hydrogen-bond acceptors (Lipinski definition) is 8. The summed E-state index contributed by atoms with van der Waals surface area (Å²) in [6.07, 6.45) is 1.76. The molecule has 0 aliphatic rings. The highest BCUT2D eigenvalue weighted by Gasteiger charge is 2.34. The van der Waals surface area contributed by atoms with Crippen LogP contribution in [0.25, 0.3) is 0 Å². The Morgan fingerprint density at radius 2 is 0.960 bits per heavy atom. The highest BCUT2D eigenvalue weighted by molar-refractivity contribution is 5.85. The minimum atomic E-state index is -1.41. The van der Waals surface area contributed by atoms with E-state index < -0.39 is 49.2 Å². The molecule has 0 saturated heterocycles. The van der Waals surface area contributed by atoms with Gasteiger partial charge in [-0.3, -0.25) is 14.4 Å². The van der Waals surface area contributed by atoms with Crippen LogP contribution >= 0.6 is 0 Å². The van der Waals surface area contributed by atoms with Crippen LogP contribution in [0.2, 0.25) is 0 Å². The van der Waals surface area contributed by atoms with E-state index in [0.717, 1.165) is 18.2 Å². The lowest BCUT2D eigenvalue weighted by molar-refractivity contribution is -0.114. The Labute approximate surface area is 145 Å². The van der Waals surface area contributed by atoms with Crippen molar-refractivity contribution in [3.63, 3.8) is 0 Å². The summed E-state index contributed by atoms with van der Waals surface area (Å²) < 4.78 is 0. The third-order valence-electron chi connectivity index (χ3n) is 2.18. The van der Waals surface area contributed by atoms with E-state index in [1.165, 1.54) is 0 Å². The van der Waals surface area contributed by atoms with Crippen LogP contribution in [0.15, 0.2) is 38.0 Å². The van der Waals surface area contributed by atoms with Gasteiger partial charge in [-0.25, -0.2) is 0 Å². The molecule has 25 heavy (non-hydrogen) atoms. The Morgan fingerprint density at radius 3 is 0.960 bits per heavy atom. The molecule has 0 spiro atoms. The second kappa shape index (κ2) is 19.5. The minimum Gasteiger partial charge on any atom is -0.395 e. The average molecular weight is 364 g/mol. The molecule has 0 rings (SSSR count). The van der Waals surface area contributed by atoms with Crippen LogP contribution in [0.4, 0.5) is 0 Å². The Kier molecular flexibility index (Phi) is 23.6. The Balaban J connectivity index is -0.000000126. The summed E-state index contributed by atoms with van der Waals surface area (Å²) in [5, 5.41) is 34.5.